The third-order valence-corrected chi connectivity index (χ3v) is 5.81. The molecule has 0 aliphatic heterocycles. The molecule has 1 aromatic heterocycles. The second-order valence-electron chi connectivity index (χ2n) is 4.27. The molecule has 0 N–H and O–H groups in total. The van der Waals surface area contributed by atoms with Crippen LogP contribution in [-0.2, 0) is 0 Å². The van der Waals surface area contributed by atoms with Crippen molar-refractivity contribution in [3.05, 3.63) is 60.7 Å². The van der Waals surface area contributed by atoms with Gasteiger partial charge in [-0.1, -0.05) is 0 Å². The maximum atomic E-state index is 2.35. The number of fused-ring (bicyclic) bond motifs is 5. The summed E-state index contributed by atoms with van der Waals surface area (Å²) in [5, 5.41) is 2.91. The number of rotatable bonds is 0. The molecule has 0 amide bonds. The molecule has 0 saturated heterocycles. The Morgan fingerprint density at radius 1 is 0.706 bits per heavy atom. The van der Waals surface area contributed by atoms with Crippen LogP contribution in [-0.4, -0.2) is 14.5 Å². The summed E-state index contributed by atoms with van der Waals surface area (Å²) in [7, 11) is 0. The third-order valence-electron chi connectivity index (χ3n) is 3.25. The van der Waals surface area contributed by atoms with Gasteiger partial charge in [-0.25, -0.2) is 0 Å². The fourth-order valence-corrected chi connectivity index (χ4v) is 5.04. The molecule has 0 saturated carbocycles. The summed E-state index contributed by atoms with van der Waals surface area (Å²) < 4.78 is 3.09. The third kappa shape index (κ3) is 1.30. The molecule has 1 heterocycles. The summed E-state index contributed by atoms with van der Waals surface area (Å²) in [6.07, 6.45) is 0. The SMILES string of the molecule is c1ccc2cc3c([se]c4ccccc43)c-2cc1. The molecule has 2 aliphatic carbocycles. The predicted molar refractivity (Wildman–Crippen MR) is 75.0 cm³/mol. The number of hydrogen-bond acceptors (Lipinski definition) is 0. The van der Waals surface area contributed by atoms with Crippen LogP contribution in [0.15, 0.2) is 60.7 Å². The van der Waals surface area contributed by atoms with Crippen LogP contribution in [0, 0.1) is 0 Å². The molecule has 2 aliphatic rings. The topological polar surface area (TPSA) is 0 Å². The predicted octanol–water partition coefficient (Wildman–Crippen LogP) is 4.15. The van der Waals surface area contributed by atoms with E-state index in [4.69, 9.17) is 0 Å². The normalized spacial score (nSPS) is 11.5. The van der Waals surface area contributed by atoms with Gasteiger partial charge in [0.2, 0.25) is 0 Å². The summed E-state index contributed by atoms with van der Waals surface area (Å²) in [6.45, 7) is 0. The average Bonchev–Trinajstić information content (AvgIpc) is 2.77. The summed E-state index contributed by atoms with van der Waals surface area (Å²) in [5.41, 5.74) is 2.80. The Hall–Kier alpha value is -1.56. The molecule has 0 unspecified atom stereocenters. The van der Waals surface area contributed by atoms with Gasteiger partial charge in [-0.05, 0) is 0 Å². The first-order valence-corrected chi connectivity index (χ1v) is 7.44. The Kier molecular flexibility index (Phi) is 1.93. The first-order valence-electron chi connectivity index (χ1n) is 5.72. The van der Waals surface area contributed by atoms with Crippen LogP contribution in [0.3, 0.4) is 0 Å². The minimum absolute atomic E-state index is 0.474. The molecule has 1 aromatic carbocycles. The summed E-state index contributed by atoms with van der Waals surface area (Å²) in [6, 6.07) is 22.0. The van der Waals surface area contributed by atoms with Crippen LogP contribution in [0.1, 0.15) is 0 Å². The van der Waals surface area contributed by atoms with Gasteiger partial charge >= 0.3 is 106 Å². The molecule has 17 heavy (non-hydrogen) atoms. The zero-order valence-electron chi connectivity index (χ0n) is 9.18. The minimum atomic E-state index is 0.474. The first-order chi connectivity index (χ1) is 8.43. The Bertz CT molecular complexity index is 795. The van der Waals surface area contributed by atoms with Gasteiger partial charge in [0, 0.05) is 0 Å². The molecule has 0 radical (unpaired) electrons. The van der Waals surface area contributed by atoms with Gasteiger partial charge in [-0.15, -0.1) is 0 Å². The van der Waals surface area contributed by atoms with Gasteiger partial charge in [0.25, 0.3) is 0 Å². The Morgan fingerprint density at radius 3 is 2.53 bits per heavy atom. The molecule has 0 atom stereocenters. The Morgan fingerprint density at radius 2 is 1.53 bits per heavy atom. The average molecular weight is 281 g/mol. The second kappa shape index (κ2) is 3.46. The Labute approximate surface area is 106 Å². The van der Waals surface area contributed by atoms with Crippen molar-refractivity contribution in [2.45, 2.75) is 0 Å². The van der Waals surface area contributed by atoms with Gasteiger partial charge in [-0.3, -0.25) is 0 Å². The summed E-state index contributed by atoms with van der Waals surface area (Å²) in [5.74, 6) is 0. The molecule has 2 aromatic rings. The van der Waals surface area contributed by atoms with Gasteiger partial charge in [0.05, 0.1) is 0 Å². The van der Waals surface area contributed by atoms with Gasteiger partial charge in [-0.2, -0.15) is 0 Å². The van der Waals surface area contributed by atoms with Crippen LogP contribution in [0.25, 0.3) is 30.4 Å². The van der Waals surface area contributed by atoms with E-state index in [0.29, 0.717) is 14.5 Å². The van der Waals surface area contributed by atoms with Crippen molar-refractivity contribution in [1.29, 1.82) is 0 Å². The first kappa shape index (κ1) is 9.47. The van der Waals surface area contributed by atoms with Crippen molar-refractivity contribution in [3.8, 4) is 11.1 Å². The van der Waals surface area contributed by atoms with Crippen LogP contribution < -0.4 is 0 Å². The van der Waals surface area contributed by atoms with E-state index < -0.39 is 0 Å². The zero-order chi connectivity index (χ0) is 11.2. The van der Waals surface area contributed by atoms with Gasteiger partial charge in [0.15, 0.2) is 0 Å². The molecular formula is C16H10Se. The van der Waals surface area contributed by atoms with Gasteiger partial charge < -0.3 is 0 Å². The molecule has 1 heteroatoms. The van der Waals surface area contributed by atoms with Crippen molar-refractivity contribution < 1.29 is 0 Å². The van der Waals surface area contributed by atoms with E-state index in [1.807, 2.05) is 0 Å². The quantitative estimate of drug-likeness (QED) is 0.425. The van der Waals surface area contributed by atoms with Crippen molar-refractivity contribution >= 4 is 33.8 Å². The van der Waals surface area contributed by atoms with E-state index in [1.54, 1.807) is 4.26 Å². The molecule has 0 nitrogen and oxygen atoms in total. The molecule has 0 fully saturated rings. The van der Waals surface area contributed by atoms with Crippen LogP contribution in [0.2, 0.25) is 0 Å². The monoisotopic (exact) mass is 282 g/mol. The Balaban J connectivity index is 2.28. The molecule has 80 valence electrons. The standard InChI is InChI=1S/C16H10Se/c1-2-6-11-10-14-13-8-4-5-9-15(13)17-16(14)12(11)7-3-1/h1-10H. The van der Waals surface area contributed by atoms with Crippen molar-refractivity contribution in [1.82, 2.24) is 0 Å². The fraction of sp³-hybridized carbons (Fsp3) is 0. The van der Waals surface area contributed by atoms with Crippen LogP contribution in [0.5, 0.6) is 0 Å². The number of hydrogen-bond donors (Lipinski definition) is 0. The molecule has 0 spiro atoms. The molecule has 4 rings (SSSR count). The van der Waals surface area contributed by atoms with Crippen molar-refractivity contribution in [2.24, 2.45) is 0 Å². The van der Waals surface area contributed by atoms with Crippen LogP contribution in [0.4, 0.5) is 0 Å². The number of benzene rings is 1. The van der Waals surface area contributed by atoms with E-state index >= 15 is 0 Å². The van der Waals surface area contributed by atoms with E-state index in [1.165, 1.54) is 26.2 Å². The van der Waals surface area contributed by atoms with E-state index in [0.717, 1.165) is 0 Å². The van der Waals surface area contributed by atoms with Crippen LogP contribution >= 0.6 is 0 Å². The molecule has 0 bridgehead atoms. The summed E-state index contributed by atoms with van der Waals surface area (Å²) in [4.78, 5) is 0. The van der Waals surface area contributed by atoms with E-state index in [-0.39, 0.29) is 0 Å². The molecular weight excluding hydrogens is 271 g/mol. The van der Waals surface area contributed by atoms with E-state index in [2.05, 4.69) is 60.7 Å². The zero-order valence-corrected chi connectivity index (χ0v) is 10.9. The van der Waals surface area contributed by atoms with Crippen molar-refractivity contribution in [2.75, 3.05) is 0 Å². The summed E-state index contributed by atoms with van der Waals surface area (Å²) >= 11 is 0.474. The van der Waals surface area contributed by atoms with Crippen molar-refractivity contribution in [3.63, 3.8) is 0 Å². The fourth-order valence-electron chi connectivity index (χ4n) is 2.46. The van der Waals surface area contributed by atoms with E-state index in [9.17, 15) is 0 Å². The maximum absolute atomic E-state index is 2.35. The van der Waals surface area contributed by atoms with Gasteiger partial charge in [0.1, 0.15) is 0 Å². The second-order valence-corrected chi connectivity index (χ2v) is 6.47.